The molecule has 0 saturated carbocycles. The Bertz CT molecular complexity index is 744. The fourth-order valence-corrected chi connectivity index (χ4v) is 2.07. The van der Waals surface area contributed by atoms with Crippen molar-refractivity contribution in [2.75, 3.05) is 19.0 Å². The predicted molar refractivity (Wildman–Crippen MR) is 92.5 cm³/mol. The Morgan fingerprint density at radius 2 is 1.96 bits per heavy atom. The van der Waals surface area contributed by atoms with Crippen LogP contribution in [0.15, 0.2) is 36.5 Å². The number of carboxylic acid groups (broad SMARTS) is 1. The van der Waals surface area contributed by atoms with E-state index in [1.807, 2.05) is 0 Å². The van der Waals surface area contributed by atoms with Gasteiger partial charge in [-0.1, -0.05) is 13.3 Å². The molecule has 1 amide bonds. The van der Waals surface area contributed by atoms with Gasteiger partial charge < -0.3 is 19.9 Å². The molecule has 0 bridgehead atoms. The Labute approximate surface area is 145 Å². The molecule has 7 nitrogen and oxygen atoms in total. The summed E-state index contributed by atoms with van der Waals surface area (Å²) in [6, 6.07) is 8.20. The van der Waals surface area contributed by atoms with Crippen molar-refractivity contribution < 1.29 is 24.2 Å². The molecule has 2 N–H and O–H groups in total. The molecular weight excluding hydrogens is 324 g/mol. The first kappa shape index (κ1) is 18.3. The van der Waals surface area contributed by atoms with E-state index in [0.717, 1.165) is 12.8 Å². The molecule has 0 saturated heterocycles. The van der Waals surface area contributed by atoms with Gasteiger partial charge in [0.1, 0.15) is 5.75 Å². The molecule has 0 fully saturated rings. The van der Waals surface area contributed by atoms with Gasteiger partial charge in [-0.25, -0.2) is 9.78 Å². The number of benzene rings is 1. The number of carboxylic acids is 1. The van der Waals surface area contributed by atoms with Crippen molar-refractivity contribution in [3.63, 3.8) is 0 Å². The van der Waals surface area contributed by atoms with Gasteiger partial charge in [-0.3, -0.25) is 4.79 Å². The van der Waals surface area contributed by atoms with Crippen molar-refractivity contribution in [3.8, 4) is 11.5 Å². The first-order valence-electron chi connectivity index (χ1n) is 7.86. The van der Waals surface area contributed by atoms with Crippen LogP contribution in [0.1, 0.15) is 40.6 Å². The number of rotatable bonds is 8. The smallest absolute Gasteiger partial charge is 0.358 e. The molecule has 0 aliphatic heterocycles. The van der Waals surface area contributed by atoms with Gasteiger partial charge in [0.15, 0.2) is 11.4 Å². The van der Waals surface area contributed by atoms with Crippen LogP contribution in [0.3, 0.4) is 0 Å². The van der Waals surface area contributed by atoms with Crippen LogP contribution in [0.4, 0.5) is 5.69 Å². The molecule has 1 aromatic carbocycles. The normalized spacial score (nSPS) is 10.2. The number of methoxy groups -OCH3 is 1. The highest BCUT2D eigenvalue weighted by atomic mass is 16.5. The molecule has 7 heteroatoms. The van der Waals surface area contributed by atoms with Crippen LogP contribution in [0, 0.1) is 0 Å². The zero-order chi connectivity index (χ0) is 18.2. The van der Waals surface area contributed by atoms with E-state index in [4.69, 9.17) is 14.6 Å². The second-order valence-electron chi connectivity index (χ2n) is 5.26. The van der Waals surface area contributed by atoms with Crippen molar-refractivity contribution in [1.82, 2.24) is 4.98 Å². The van der Waals surface area contributed by atoms with Crippen LogP contribution in [0.2, 0.25) is 0 Å². The number of anilines is 1. The standard InChI is InChI=1S/C18H20N2O5/c1-3-4-9-25-14-7-5-12(6-8-14)17(21)20-13-10-15(24-2)16(18(22)23)19-11-13/h5-8,10-11H,3-4,9H2,1-2H3,(H,20,21)(H,22,23). The van der Waals surface area contributed by atoms with E-state index in [9.17, 15) is 9.59 Å². The number of pyridine rings is 1. The summed E-state index contributed by atoms with van der Waals surface area (Å²) in [6.07, 6.45) is 3.30. The molecule has 1 heterocycles. The van der Waals surface area contributed by atoms with E-state index in [-0.39, 0.29) is 17.4 Å². The van der Waals surface area contributed by atoms with Gasteiger partial charge in [-0.05, 0) is 30.7 Å². The Hall–Kier alpha value is -3.09. The summed E-state index contributed by atoms with van der Waals surface area (Å²) in [4.78, 5) is 27.1. The molecule has 0 atom stereocenters. The molecule has 0 spiro atoms. The minimum Gasteiger partial charge on any atom is -0.494 e. The third-order valence-corrected chi connectivity index (χ3v) is 3.42. The molecule has 25 heavy (non-hydrogen) atoms. The van der Waals surface area contributed by atoms with Crippen LogP contribution in [0.5, 0.6) is 11.5 Å². The molecule has 132 valence electrons. The summed E-state index contributed by atoms with van der Waals surface area (Å²) in [7, 11) is 1.34. The molecule has 0 aliphatic carbocycles. The van der Waals surface area contributed by atoms with E-state index in [1.54, 1.807) is 24.3 Å². The number of carbonyl (C=O) groups excluding carboxylic acids is 1. The summed E-state index contributed by atoms with van der Waals surface area (Å²) in [5.41, 5.74) is 0.577. The minimum absolute atomic E-state index is 0.0740. The highest BCUT2D eigenvalue weighted by Gasteiger charge is 2.14. The van der Waals surface area contributed by atoms with Gasteiger partial charge >= 0.3 is 5.97 Å². The van der Waals surface area contributed by atoms with E-state index in [2.05, 4.69) is 17.2 Å². The van der Waals surface area contributed by atoms with E-state index in [1.165, 1.54) is 19.4 Å². The van der Waals surface area contributed by atoms with E-state index in [0.29, 0.717) is 23.6 Å². The number of aromatic carboxylic acids is 1. The van der Waals surface area contributed by atoms with Crippen LogP contribution in [-0.4, -0.2) is 35.7 Å². The lowest BCUT2D eigenvalue weighted by Crippen LogP contribution is -2.13. The zero-order valence-electron chi connectivity index (χ0n) is 14.1. The Morgan fingerprint density at radius 1 is 1.24 bits per heavy atom. The first-order chi connectivity index (χ1) is 12.0. The van der Waals surface area contributed by atoms with E-state index < -0.39 is 5.97 Å². The van der Waals surface area contributed by atoms with Crippen LogP contribution >= 0.6 is 0 Å². The number of ether oxygens (including phenoxy) is 2. The summed E-state index contributed by atoms with van der Waals surface area (Å²) in [5, 5.41) is 11.7. The Morgan fingerprint density at radius 3 is 2.56 bits per heavy atom. The van der Waals surface area contributed by atoms with Crippen LogP contribution < -0.4 is 14.8 Å². The maximum atomic E-state index is 12.3. The zero-order valence-corrected chi connectivity index (χ0v) is 14.1. The molecule has 1 aromatic heterocycles. The van der Waals surface area contributed by atoms with Gasteiger partial charge in [-0.15, -0.1) is 0 Å². The number of nitrogens with zero attached hydrogens (tertiary/aromatic N) is 1. The lowest BCUT2D eigenvalue weighted by atomic mass is 10.2. The number of amides is 1. The maximum Gasteiger partial charge on any atom is 0.358 e. The van der Waals surface area contributed by atoms with Gasteiger partial charge in [0.2, 0.25) is 0 Å². The highest BCUT2D eigenvalue weighted by Crippen LogP contribution is 2.21. The van der Waals surface area contributed by atoms with Crippen molar-refractivity contribution in [2.24, 2.45) is 0 Å². The number of hydrogen-bond acceptors (Lipinski definition) is 5. The Kier molecular flexibility index (Phi) is 6.33. The van der Waals surface area contributed by atoms with E-state index >= 15 is 0 Å². The average molecular weight is 344 g/mol. The number of aromatic nitrogens is 1. The summed E-state index contributed by atoms with van der Waals surface area (Å²) >= 11 is 0. The first-order valence-corrected chi connectivity index (χ1v) is 7.86. The second kappa shape index (κ2) is 8.68. The lowest BCUT2D eigenvalue weighted by molar-refractivity contribution is 0.0686. The monoisotopic (exact) mass is 344 g/mol. The van der Waals surface area contributed by atoms with Crippen LogP contribution in [-0.2, 0) is 0 Å². The molecular formula is C18H20N2O5. The Balaban J connectivity index is 2.05. The van der Waals surface area contributed by atoms with Crippen molar-refractivity contribution in [3.05, 3.63) is 47.8 Å². The van der Waals surface area contributed by atoms with Crippen molar-refractivity contribution >= 4 is 17.6 Å². The van der Waals surface area contributed by atoms with Gasteiger partial charge in [0.25, 0.3) is 5.91 Å². The maximum absolute atomic E-state index is 12.3. The summed E-state index contributed by atoms with van der Waals surface area (Å²) in [6.45, 7) is 2.73. The lowest BCUT2D eigenvalue weighted by Gasteiger charge is -2.09. The van der Waals surface area contributed by atoms with Crippen molar-refractivity contribution in [2.45, 2.75) is 19.8 Å². The van der Waals surface area contributed by atoms with Gasteiger partial charge in [0.05, 0.1) is 25.6 Å². The van der Waals surface area contributed by atoms with Gasteiger partial charge in [-0.2, -0.15) is 0 Å². The number of carbonyl (C=O) groups is 2. The SMILES string of the molecule is CCCCOc1ccc(C(=O)Nc2cnc(C(=O)O)c(OC)c2)cc1. The quantitative estimate of drug-likeness (QED) is 0.714. The largest absolute Gasteiger partial charge is 0.494 e. The second-order valence-corrected chi connectivity index (χ2v) is 5.26. The number of hydrogen-bond donors (Lipinski definition) is 2. The molecule has 0 unspecified atom stereocenters. The molecule has 2 rings (SSSR count). The third kappa shape index (κ3) is 4.94. The molecule has 0 radical (unpaired) electrons. The number of unbranched alkanes of at least 4 members (excludes halogenated alkanes) is 1. The third-order valence-electron chi connectivity index (χ3n) is 3.42. The number of nitrogens with one attached hydrogen (secondary N) is 1. The fraction of sp³-hybridized carbons (Fsp3) is 0.278. The van der Waals surface area contributed by atoms with Crippen molar-refractivity contribution in [1.29, 1.82) is 0 Å². The summed E-state index contributed by atoms with van der Waals surface area (Å²) < 4.78 is 10.5. The topological polar surface area (TPSA) is 97.8 Å². The predicted octanol–water partition coefficient (Wildman–Crippen LogP) is 3.22. The van der Waals surface area contributed by atoms with Crippen LogP contribution in [0.25, 0.3) is 0 Å². The van der Waals surface area contributed by atoms with Gasteiger partial charge in [0, 0.05) is 11.6 Å². The minimum atomic E-state index is -1.20. The summed E-state index contributed by atoms with van der Waals surface area (Å²) in [5.74, 6) is -0.760. The highest BCUT2D eigenvalue weighted by molar-refractivity contribution is 6.04. The fourth-order valence-electron chi connectivity index (χ4n) is 2.07. The molecule has 0 aliphatic rings. The molecule has 2 aromatic rings. The average Bonchev–Trinajstić information content (AvgIpc) is 2.62.